The molecule has 0 unspecified atom stereocenters. The fourth-order valence-electron chi connectivity index (χ4n) is 2.85. The van der Waals surface area contributed by atoms with Gasteiger partial charge in [-0.2, -0.15) is 5.10 Å². The monoisotopic (exact) mass is 471 g/mol. The van der Waals surface area contributed by atoms with Crippen LogP contribution in [0.25, 0.3) is 11.0 Å². The molecule has 0 aliphatic carbocycles. The number of rotatable bonds is 7. The summed E-state index contributed by atoms with van der Waals surface area (Å²) in [5, 5.41) is 17.1. The van der Waals surface area contributed by atoms with E-state index in [4.69, 9.17) is 4.74 Å². The molecular weight excluding hydrogens is 455 g/mol. The molecule has 2 heterocycles. The number of hydrogen-bond acceptors (Lipinski definition) is 10. The Hall–Kier alpha value is -4.68. The van der Waals surface area contributed by atoms with Gasteiger partial charge in [-0.25, -0.2) is 19.9 Å². The van der Waals surface area contributed by atoms with E-state index in [2.05, 4.69) is 40.5 Å². The number of alkyl halides is 3. The highest BCUT2D eigenvalue weighted by Crippen LogP contribution is 2.28. The van der Waals surface area contributed by atoms with Crippen molar-refractivity contribution in [2.24, 2.45) is 5.10 Å². The van der Waals surface area contributed by atoms with Crippen LogP contribution in [-0.4, -0.2) is 44.7 Å². The van der Waals surface area contributed by atoms with Crippen LogP contribution in [0.2, 0.25) is 0 Å². The minimum absolute atomic E-state index is 0.0158. The Morgan fingerprint density at radius 2 is 1.56 bits per heavy atom. The first-order chi connectivity index (χ1) is 16.3. The molecule has 2 aromatic heterocycles. The summed E-state index contributed by atoms with van der Waals surface area (Å²) in [6, 6.07) is 9.91. The average Bonchev–Trinajstić information content (AvgIpc) is 2.81. The van der Waals surface area contributed by atoms with Gasteiger partial charge in [0.25, 0.3) is 0 Å². The molecule has 3 N–H and O–H groups in total. The second-order valence-electron chi connectivity index (χ2n) is 6.63. The number of methoxy groups -OCH3 is 1. The number of phenols is 1. The largest absolute Gasteiger partial charge is 0.573 e. The first-order valence-electron chi connectivity index (χ1n) is 9.57. The van der Waals surface area contributed by atoms with Crippen LogP contribution in [0.3, 0.4) is 0 Å². The van der Waals surface area contributed by atoms with Crippen LogP contribution < -0.4 is 20.2 Å². The predicted molar refractivity (Wildman–Crippen MR) is 117 cm³/mol. The molecule has 4 aromatic rings. The number of hydrazone groups is 1. The van der Waals surface area contributed by atoms with E-state index in [1.807, 2.05) is 0 Å². The summed E-state index contributed by atoms with van der Waals surface area (Å²) in [6.45, 7) is 0. The number of benzene rings is 2. The van der Waals surface area contributed by atoms with Crippen molar-refractivity contribution in [2.45, 2.75) is 6.36 Å². The Morgan fingerprint density at radius 1 is 0.912 bits per heavy atom. The fraction of sp³-hybridized carbons (Fsp3) is 0.0952. The van der Waals surface area contributed by atoms with Gasteiger partial charge in [0.2, 0.25) is 0 Å². The van der Waals surface area contributed by atoms with E-state index in [0.29, 0.717) is 33.9 Å². The van der Waals surface area contributed by atoms with Gasteiger partial charge in [-0.05, 0) is 36.4 Å². The minimum Gasteiger partial charge on any atom is -0.507 e. The number of nitrogens with one attached hydrogen (secondary N) is 2. The SMILES string of the molecule is COc1ccc(C=NNc2ncnc3c(Nc4ccc(OC(F)(F)F)cc4)ncnc23)c(O)c1. The number of fused-ring (bicyclic) bond motifs is 1. The minimum atomic E-state index is -4.77. The summed E-state index contributed by atoms with van der Waals surface area (Å²) in [6.07, 6.45) is -0.820. The van der Waals surface area contributed by atoms with Crippen molar-refractivity contribution in [1.82, 2.24) is 19.9 Å². The summed E-state index contributed by atoms with van der Waals surface area (Å²) in [7, 11) is 1.49. The number of anilines is 3. The first-order valence-corrected chi connectivity index (χ1v) is 9.57. The van der Waals surface area contributed by atoms with Crippen molar-refractivity contribution in [2.75, 3.05) is 17.9 Å². The Morgan fingerprint density at radius 3 is 2.21 bits per heavy atom. The zero-order valence-corrected chi connectivity index (χ0v) is 17.4. The molecule has 13 heteroatoms. The Bertz CT molecular complexity index is 1330. The highest BCUT2D eigenvalue weighted by atomic mass is 19.4. The van der Waals surface area contributed by atoms with E-state index >= 15 is 0 Å². The normalized spacial score (nSPS) is 11.5. The van der Waals surface area contributed by atoms with Crippen LogP contribution in [0.15, 0.2) is 60.2 Å². The van der Waals surface area contributed by atoms with Gasteiger partial charge in [-0.1, -0.05) is 0 Å². The molecule has 0 saturated carbocycles. The van der Waals surface area contributed by atoms with Crippen molar-refractivity contribution < 1.29 is 27.8 Å². The summed E-state index contributed by atoms with van der Waals surface area (Å²) in [4.78, 5) is 16.6. The standard InChI is InChI=1S/C21H16F3N7O3/c1-33-15-5-2-12(16(32)8-15)9-29-31-20-18-17(25-11-28-20)19(27-10-26-18)30-13-3-6-14(7-4-13)34-21(22,23)24/h2-11,32H,1H3,(H,25,28,31)(H,26,27,30). The summed E-state index contributed by atoms with van der Waals surface area (Å²) < 4.78 is 45.9. The summed E-state index contributed by atoms with van der Waals surface area (Å²) in [5.74, 6) is 0.715. The first kappa shape index (κ1) is 22.5. The fourth-order valence-corrected chi connectivity index (χ4v) is 2.85. The lowest BCUT2D eigenvalue weighted by atomic mass is 10.2. The molecule has 0 bridgehead atoms. The van der Waals surface area contributed by atoms with Crippen molar-refractivity contribution in [3.05, 3.63) is 60.7 Å². The van der Waals surface area contributed by atoms with Crippen LogP contribution >= 0.6 is 0 Å². The molecule has 4 rings (SSSR count). The van der Waals surface area contributed by atoms with Gasteiger partial charge in [-0.3, -0.25) is 5.43 Å². The van der Waals surface area contributed by atoms with Gasteiger partial charge < -0.3 is 19.9 Å². The molecule has 0 amide bonds. The van der Waals surface area contributed by atoms with E-state index in [1.54, 1.807) is 12.1 Å². The molecule has 0 fully saturated rings. The number of phenolic OH excluding ortho intramolecular Hbond substituents is 1. The lowest BCUT2D eigenvalue weighted by molar-refractivity contribution is -0.274. The van der Waals surface area contributed by atoms with Gasteiger partial charge in [0.05, 0.1) is 13.3 Å². The topological polar surface area (TPSA) is 127 Å². The molecule has 2 aromatic carbocycles. The smallest absolute Gasteiger partial charge is 0.507 e. The van der Waals surface area contributed by atoms with Crippen LogP contribution in [0, 0.1) is 0 Å². The third kappa shape index (κ3) is 5.38. The Balaban J connectivity index is 1.53. The molecule has 34 heavy (non-hydrogen) atoms. The van der Waals surface area contributed by atoms with Crippen LogP contribution in [0.1, 0.15) is 5.56 Å². The van der Waals surface area contributed by atoms with Crippen LogP contribution in [0.4, 0.5) is 30.5 Å². The third-order valence-corrected chi connectivity index (χ3v) is 4.38. The van der Waals surface area contributed by atoms with Gasteiger partial charge in [0.1, 0.15) is 40.9 Å². The predicted octanol–water partition coefficient (Wildman–Crippen LogP) is 4.22. The average molecular weight is 471 g/mol. The zero-order chi connectivity index (χ0) is 24.1. The van der Waals surface area contributed by atoms with Gasteiger partial charge in [-0.15, -0.1) is 13.2 Å². The molecule has 174 valence electrons. The molecule has 0 radical (unpaired) electrons. The van der Waals surface area contributed by atoms with Crippen molar-refractivity contribution in [1.29, 1.82) is 0 Å². The maximum absolute atomic E-state index is 12.3. The van der Waals surface area contributed by atoms with Crippen LogP contribution in [-0.2, 0) is 0 Å². The summed E-state index contributed by atoms with van der Waals surface area (Å²) in [5.41, 5.74) is 4.33. The van der Waals surface area contributed by atoms with Gasteiger partial charge >= 0.3 is 6.36 Å². The number of nitrogens with zero attached hydrogens (tertiary/aromatic N) is 5. The third-order valence-electron chi connectivity index (χ3n) is 4.38. The lowest BCUT2D eigenvalue weighted by Gasteiger charge is -2.11. The molecule has 0 spiro atoms. The molecule has 10 nitrogen and oxygen atoms in total. The van der Waals surface area contributed by atoms with E-state index in [1.165, 1.54) is 56.3 Å². The van der Waals surface area contributed by atoms with E-state index < -0.39 is 6.36 Å². The number of ether oxygens (including phenoxy) is 2. The van der Waals surface area contributed by atoms with Crippen LogP contribution in [0.5, 0.6) is 17.2 Å². The van der Waals surface area contributed by atoms with Crippen molar-refractivity contribution >= 4 is 34.6 Å². The van der Waals surface area contributed by atoms with E-state index in [-0.39, 0.29) is 17.3 Å². The number of halogens is 3. The highest BCUT2D eigenvalue weighted by Gasteiger charge is 2.30. The lowest BCUT2D eigenvalue weighted by Crippen LogP contribution is -2.16. The summed E-state index contributed by atoms with van der Waals surface area (Å²) >= 11 is 0. The maximum Gasteiger partial charge on any atom is 0.573 e. The number of aromatic hydroxyl groups is 1. The number of aromatic nitrogens is 4. The Kier molecular flexibility index (Phi) is 6.25. The van der Waals surface area contributed by atoms with Crippen molar-refractivity contribution in [3.63, 3.8) is 0 Å². The molecular formula is C21H16F3N7O3. The van der Waals surface area contributed by atoms with Crippen molar-refractivity contribution in [3.8, 4) is 17.2 Å². The second-order valence-corrected chi connectivity index (χ2v) is 6.63. The molecule has 0 saturated heterocycles. The maximum atomic E-state index is 12.3. The quantitative estimate of drug-likeness (QED) is 0.268. The van der Waals surface area contributed by atoms with E-state index in [9.17, 15) is 18.3 Å². The molecule has 0 atom stereocenters. The Labute approximate surface area is 190 Å². The van der Waals surface area contributed by atoms with Gasteiger partial charge in [0, 0.05) is 17.3 Å². The highest BCUT2D eigenvalue weighted by molar-refractivity contribution is 5.93. The zero-order valence-electron chi connectivity index (χ0n) is 17.4. The molecule has 0 aliphatic rings. The molecule has 0 aliphatic heterocycles. The second kappa shape index (κ2) is 9.44. The number of hydrogen-bond donors (Lipinski definition) is 3. The van der Waals surface area contributed by atoms with E-state index in [0.717, 1.165) is 0 Å². The van der Waals surface area contributed by atoms with Gasteiger partial charge in [0.15, 0.2) is 11.6 Å².